The van der Waals surface area contributed by atoms with E-state index in [4.69, 9.17) is 0 Å². The first kappa shape index (κ1) is 15.2. The predicted molar refractivity (Wildman–Crippen MR) is 106 cm³/mol. The van der Waals surface area contributed by atoms with Gasteiger partial charge in [0.15, 0.2) is 0 Å². The van der Waals surface area contributed by atoms with Gasteiger partial charge in [0.25, 0.3) is 0 Å². The Morgan fingerprint density at radius 2 is 0.864 bits per heavy atom. The molecule has 1 aliphatic carbocycles. The lowest BCUT2D eigenvalue weighted by molar-refractivity contribution is 0.456. The highest BCUT2D eigenvalue weighted by Crippen LogP contribution is 2.51. The molecular weight excluding hydrogens is 393 g/mol. The largest absolute Gasteiger partial charge is 0.242 e. The van der Waals surface area contributed by atoms with Crippen LogP contribution in [-0.4, -0.2) is 24.2 Å². The third-order valence-corrected chi connectivity index (χ3v) is 9.91. The van der Waals surface area contributed by atoms with Gasteiger partial charge in [-0.2, -0.15) is 0 Å². The normalized spacial score (nSPS) is 40.0. The number of fused-ring (bicyclic) bond motifs is 2. The number of nitrogens with one attached hydrogen (secondary N) is 4. The smallest absolute Gasteiger partial charge is 0.0630 e. The monoisotopic (exact) mass is 404 g/mol. The first-order chi connectivity index (χ1) is 10.9. The minimum absolute atomic E-state index is 0.346. The molecule has 0 aromatic carbocycles. The average molecular weight is 405 g/mol. The maximum absolute atomic E-state index is 3.59. The highest BCUT2D eigenvalue weighted by Gasteiger charge is 2.51. The molecule has 0 aromatic rings. The Balaban J connectivity index is 1.62. The Morgan fingerprint density at radius 1 is 0.545 bits per heavy atom. The lowest BCUT2D eigenvalue weighted by Crippen LogP contribution is -2.56. The van der Waals surface area contributed by atoms with Gasteiger partial charge in [0.05, 0.1) is 32.6 Å². The van der Waals surface area contributed by atoms with Gasteiger partial charge in [0, 0.05) is 24.3 Å². The number of rotatable bonds is 0. The Morgan fingerprint density at radius 3 is 1.18 bits per heavy atom. The summed E-state index contributed by atoms with van der Waals surface area (Å²) in [5.41, 5.74) is 2.99. The van der Waals surface area contributed by atoms with Gasteiger partial charge in [-0.1, -0.05) is 47.0 Å². The van der Waals surface area contributed by atoms with Gasteiger partial charge in [-0.3, -0.25) is 0 Å². The Hall–Kier alpha value is 0.900. The molecule has 4 atom stereocenters. The minimum Gasteiger partial charge on any atom is -0.242 e. The van der Waals surface area contributed by atoms with E-state index in [-0.39, 0.29) is 0 Å². The van der Waals surface area contributed by atoms with Crippen LogP contribution in [0.2, 0.25) is 0 Å². The molecule has 116 valence electrons. The van der Waals surface area contributed by atoms with Crippen molar-refractivity contribution in [2.45, 2.75) is 24.2 Å². The van der Waals surface area contributed by atoms with Gasteiger partial charge < -0.3 is 0 Å². The van der Waals surface area contributed by atoms with E-state index in [1.165, 1.54) is 19.6 Å². The van der Waals surface area contributed by atoms with Crippen molar-refractivity contribution in [1.29, 1.82) is 0 Å². The van der Waals surface area contributed by atoms with Crippen LogP contribution < -0.4 is 18.9 Å². The summed E-state index contributed by atoms with van der Waals surface area (Å²) < 4.78 is 17.2. The summed E-state index contributed by atoms with van der Waals surface area (Å²) in [6.07, 6.45) is 0. The Bertz CT molecular complexity index is 531. The fourth-order valence-electron chi connectivity index (χ4n) is 3.15. The highest BCUT2D eigenvalue weighted by molar-refractivity contribution is 8.28. The lowest BCUT2D eigenvalue weighted by atomic mass is 9.78. The summed E-state index contributed by atoms with van der Waals surface area (Å²) >= 11 is 10.7. The van der Waals surface area contributed by atoms with Crippen LogP contribution in [0.1, 0.15) is 0 Å². The first-order valence-electron chi connectivity index (χ1n) is 6.72. The molecule has 22 heavy (non-hydrogen) atoms. The predicted octanol–water partition coefficient (Wildman–Crippen LogP) is 3.31. The second-order valence-corrected chi connectivity index (χ2v) is 10.6. The van der Waals surface area contributed by atoms with Crippen molar-refractivity contribution >= 4 is 71.3 Å². The SMILES string of the molecule is C1=CSC(=C2C3NSNC3C(=C3SC=CS3)C3NSNC23)S1. The number of hydrogen-bond acceptors (Lipinski definition) is 10. The molecule has 5 rings (SSSR count). The first-order valence-corrected chi connectivity index (χ1v) is 11.9. The van der Waals surface area contributed by atoms with E-state index in [1.54, 1.807) is 24.3 Å². The zero-order chi connectivity index (χ0) is 14.5. The van der Waals surface area contributed by atoms with Crippen LogP contribution in [0.15, 0.2) is 41.3 Å². The van der Waals surface area contributed by atoms with Crippen molar-refractivity contribution in [3.05, 3.63) is 41.3 Å². The lowest BCUT2D eigenvalue weighted by Gasteiger charge is -2.39. The Labute approximate surface area is 154 Å². The Kier molecular flexibility index (Phi) is 4.36. The molecule has 0 aromatic heterocycles. The maximum atomic E-state index is 3.59. The zero-order valence-electron chi connectivity index (χ0n) is 11.1. The maximum Gasteiger partial charge on any atom is 0.0630 e. The minimum atomic E-state index is 0.346. The number of thioether (sulfide) groups is 4. The fraction of sp³-hybridized carbons (Fsp3) is 0.333. The summed E-state index contributed by atoms with van der Waals surface area (Å²) in [7, 11) is 0. The average Bonchev–Trinajstić information content (AvgIpc) is 3.29. The molecule has 0 bridgehead atoms. The van der Waals surface area contributed by atoms with Crippen molar-refractivity contribution in [3.63, 3.8) is 0 Å². The third kappa shape index (κ3) is 2.39. The molecule has 0 spiro atoms. The van der Waals surface area contributed by atoms with E-state index in [0.29, 0.717) is 24.2 Å². The summed E-state index contributed by atoms with van der Waals surface area (Å²) in [6.45, 7) is 0. The second kappa shape index (κ2) is 6.32. The molecule has 4 aliphatic heterocycles. The molecule has 1 saturated carbocycles. The van der Waals surface area contributed by atoms with Crippen LogP contribution in [-0.2, 0) is 0 Å². The van der Waals surface area contributed by atoms with Gasteiger partial charge >= 0.3 is 0 Å². The molecule has 4 heterocycles. The zero-order valence-corrected chi connectivity index (χ0v) is 16.0. The summed E-state index contributed by atoms with van der Waals surface area (Å²) in [5.74, 6) is 0. The second-order valence-electron chi connectivity index (χ2n) is 5.09. The van der Waals surface area contributed by atoms with Gasteiger partial charge in [0.2, 0.25) is 0 Å². The standard InChI is InChI=1S/C12H12N4S6/c1-2-18-11(17-1)5-7-9(15-21-13-7)6(12-19-3-4-20-12)10-8(5)14-22-16-10/h1-4,7-10,13-16H. The van der Waals surface area contributed by atoms with Gasteiger partial charge in [-0.05, 0) is 32.8 Å². The van der Waals surface area contributed by atoms with E-state index in [9.17, 15) is 0 Å². The molecule has 0 radical (unpaired) electrons. The van der Waals surface area contributed by atoms with E-state index in [2.05, 4.69) is 40.5 Å². The summed E-state index contributed by atoms with van der Waals surface area (Å²) in [5, 5.41) is 8.73. The van der Waals surface area contributed by atoms with E-state index in [0.717, 1.165) is 0 Å². The van der Waals surface area contributed by atoms with Crippen LogP contribution in [0, 0.1) is 0 Å². The quantitative estimate of drug-likeness (QED) is 0.452. The van der Waals surface area contributed by atoms with Crippen molar-refractivity contribution < 1.29 is 0 Å². The molecule has 3 fully saturated rings. The molecule has 2 saturated heterocycles. The van der Waals surface area contributed by atoms with E-state index < -0.39 is 0 Å². The molecule has 0 amide bonds. The van der Waals surface area contributed by atoms with Crippen molar-refractivity contribution in [2.24, 2.45) is 0 Å². The van der Waals surface area contributed by atoms with Crippen LogP contribution in [0.5, 0.6) is 0 Å². The van der Waals surface area contributed by atoms with E-state index in [1.807, 2.05) is 47.0 Å². The van der Waals surface area contributed by atoms with Crippen LogP contribution in [0.25, 0.3) is 0 Å². The molecule has 4 nitrogen and oxygen atoms in total. The molecular formula is C12H12N4S6. The van der Waals surface area contributed by atoms with Gasteiger partial charge in [-0.15, -0.1) is 0 Å². The van der Waals surface area contributed by atoms with E-state index >= 15 is 0 Å². The van der Waals surface area contributed by atoms with Crippen molar-refractivity contribution in [1.82, 2.24) is 18.9 Å². The molecule has 4 unspecified atom stereocenters. The molecule has 4 N–H and O–H groups in total. The third-order valence-electron chi connectivity index (χ3n) is 4.03. The van der Waals surface area contributed by atoms with Crippen LogP contribution in [0.3, 0.4) is 0 Å². The topological polar surface area (TPSA) is 48.1 Å². The molecule has 5 aliphatic rings. The van der Waals surface area contributed by atoms with Crippen molar-refractivity contribution in [3.8, 4) is 0 Å². The highest BCUT2D eigenvalue weighted by atomic mass is 32.2. The van der Waals surface area contributed by atoms with Gasteiger partial charge in [-0.25, -0.2) is 18.9 Å². The fourth-order valence-corrected chi connectivity index (χ4v) is 8.90. The van der Waals surface area contributed by atoms with Crippen molar-refractivity contribution in [2.75, 3.05) is 0 Å². The van der Waals surface area contributed by atoms with Crippen LogP contribution in [0.4, 0.5) is 0 Å². The molecule has 10 heteroatoms. The number of hydrogen-bond donors (Lipinski definition) is 4. The summed E-state index contributed by atoms with van der Waals surface area (Å²) in [4.78, 5) is 0. The van der Waals surface area contributed by atoms with Gasteiger partial charge in [0.1, 0.15) is 0 Å². The van der Waals surface area contributed by atoms with Crippen LogP contribution >= 0.6 is 71.3 Å². The summed E-state index contributed by atoms with van der Waals surface area (Å²) in [6, 6.07) is 1.38.